The first-order valence-electron chi connectivity index (χ1n) is 6.97. The van der Waals surface area contributed by atoms with Crippen LogP contribution >= 0.6 is 38.9 Å². The van der Waals surface area contributed by atoms with Gasteiger partial charge in [0.1, 0.15) is 10.8 Å². The molecule has 1 heterocycles. The van der Waals surface area contributed by atoms with Crippen molar-refractivity contribution in [3.63, 3.8) is 0 Å². The quantitative estimate of drug-likeness (QED) is 0.596. The normalized spacial score (nSPS) is 10.6. The van der Waals surface area contributed by atoms with E-state index < -0.39 is 5.82 Å². The van der Waals surface area contributed by atoms with Crippen molar-refractivity contribution < 1.29 is 9.18 Å². The molecule has 24 heavy (non-hydrogen) atoms. The van der Waals surface area contributed by atoms with Gasteiger partial charge in [0.2, 0.25) is 5.91 Å². The van der Waals surface area contributed by atoms with Gasteiger partial charge < -0.3 is 5.32 Å². The van der Waals surface area contributed by atoms with Crippen molar-refractivity contribution in [3.8, 4) is 10.6 Å². The number of benzene rings is 2. The van der Waals surface area contributed by atoms with Crippen molar-refractivity contribution in [3.05, 3.63) is 68.9 Å². The Morgan fingerprint density at radius 2 is 2.08 bits per heavy atom. The number of carbonyl (C=O) groups is 1. The molecule has 0 atom stereocenters. The van der Waals surface area contributed by atoms with E-state index in [-0.39, 0.29) is 18.0 Å². The first-order chi connectivity index (χ1) is 11.5. The number of rotatable bonds is 4. The number of amides is 1. The van der Waals surface area contributed by atoms with E-state index in [0.717, 1.165) is 10.6 Å². The number of anilines is 1. The van der Waals surface area contributed by atoms with E-state index in [1.54, 1.807) is 17.5 Å². The van der Waals surface area contributed by atoms with Crippen LogP contribution in [-0.4, -0.2) is 10.9 Å². The number of thiazole rings is 1. The van der Waals surface area contributed by atoms with Crippen LogP contribution in [0.15, 0.2) is 52.3 Å². The van der Waals surface area contributed by atoms with Crippen LogP contribution in [0.2, 0.25) is 5.02 Å². The molecular formula is C17H11BrClFN2OS. The van der Waals surface area contributed by atoms with Crippen molar-refractivity contribution in [2.45, 2.75) is 6.42 Å². The van der Waals surface area contributed by atoms with E-state index in [1.807, 2.05) is 18.2 Å². The zero-order valence-electron chi connectivity index (χ0n) is 12.2. The molecule has 1 amide bonds. The number of nitrogens with one attached hydrogen (secondary N) is 1. The molecule has 0 aliphatic heterocycles. The van der Waals surface area contributed by atoms with E-state index >= 15 is 0 Å². The number of nitrogens with zero attached hydrogens (tertiary/aromatic N) is 1. The molecular weight excluding hydrogens is 415 g/mol. The third-order valence-electron chi connectivity index (χ3n) is 3.20. The summed E-state index contributed by atoms with van der Waals surface area (Å²) in [4.78, 5) is 16.5. The molecule has 0 aliphatic carbocycles. The summed E-state index contributed by atoms with van der Waals surface area (Å²) in [5, 5.41) is 5.71. The standard InChI is InChI=1S/C17H11BrClFN2OS/c18-10-5-6-15(14(20)7-10)22-16(23)8-11-9-24-17(21-11)12-3-1-2-4-13(12)19/h1-7,9H,8H2,(H,22,23). The number of hydrogen-bond acceptors (Lipinski definition) is 3. The van der Waals surface area contributed by atoms with Crippen molar-refractivity contribution >= 4 is 50.5 Å². The fourth-order valence-electron chi connectivity index (χ4n) is 2.10. The molecule has 0 fully saturated rings. The monoisotopic (exact) mass is 424 g/mol. The highest BCUT2D eigenvalue weighted by atomic mass is 79.9. The van der Waals surface area contributed by atoms with Crippen LogP contribution < -0.4 is 5.32 Å². The van der Waals surface area contributed by atoms with Gasteiger partial charge in [-0.2, -0.15) is 0 Å². The molecule has 7 heteroatoms. The minimum atomic E-state index is -0.493. The Hall–Kier alpha value is -1.76. The summed E-state index contributed by atoms with van der Waals surface area (Å²) in [5.41, 5.74) is 1.59. The maximum atomic E-state index is 13.7. The largest absolute Gasteiger partial charge is 0.323 e. The first-order valence-corrected chi connectivity index (χ1v) is 9.02. The summed E-state index contributed by atoms with van der Waals surface area (Å²) in [6.07, 6.45) is 0.0659. The third kappa shape index (κ3) is 4.01. The fourth-order valence-corrected chi connectivity index (χ4v) is 3.57. The van der Waals surface area contributed by atoms with Crippen LogP contribution in [0.1, 0.15) is 5.69 Å². The summed E-state index contributed by atoms with van der Waals surface area (Å²) in [6, 6.07) is 11.9. The molecule has 0 bridgehead atoms. The summed E-state index contributed by atoms with van der Waals surface area (Å²) >= 11 is 10.7. The van der Waals surface area contributed by atoms with Gasteiger partial charge in [-0.1, -0.05) is 45.7 Å². The molecule has 0 aliphatic rings. The molecule has 1 aromatic heterocycles. The summed E-state index contributed by atoms with van der Waals surface area (Å²) in [6.45, 7) is 0. The number of hydrogen-bond donors (Lipinski definition) is 1. The van der Waals surface area contributed by atoms with Crippen molar-refractivity contribution in [1.82, 2.24) is 4.98 Å². The molecule has 0 saturated heterocycles. The van der Waals surface area contributed by atoms with Gasteiger partial charge >= 0.3 is 0 Å². The van der Waals surface area contributed by atoms with Gasteiger partial charge in [-0.05, 0) is 24.3 Å². The number of halogens is 3. The molecule has 0 radical (unpaired) electrons. The van der Waals surface area contributed by atoms with Gasteiger partial charge in [0.05, 0.1) is 22.8 Å². The highest BCUT2D eigenvalue weighted by Crippen LogP contribution is 2.30. The number of carbonyl (C=O) groups excluding carboxylic acids is 1. The van der Waals surface area contributed by atoms with Crippen molar-refractivity contribution in [1.29, 1.82) is 0 Å². The SMILES string of the molecule is O=C(Cc1csc(-c2ccccc2Cl)n1)Nc1ccc(Br)cc1F. The van der Waals surface area contributed by atoms with Crippen LogP contribution in [0.5, 0.6) is 0 Å². The van der Waals surface area contributed by atoms with E-state index in [9.17, 15) is 9.18 Å². The summed E-state index contributed by atoms with van der Waals surface area (Å²) < 4.78 is 14.4. The Kier molecular flexibility index (Phi) is 5.28. The Morgan fingerprint density at radius 1 is 1.29 bits per heavy atom. The number of aromatic nitrogens is 1. The van der Waals surface area contributed by atoms with E-state index in [0.29, 0.717) is 15.2 Å². The summed E-state index contributed by atoms with van der Waals surface area (Å²) in [7, 11) is 0. The zero-order chi connectivity index (χ0) is 17.1. The fraction of sp³-hybridized carbons (Fsp3) is 0.0588. The average Bonchev–Trinajstić information content (AvgIpc) is 2.99. The van der Waals surface area contributed by atoms with Crippen LogP contribution in [0.3, 0.4) is 0 Å². The lowest BCUT2D eigenvalue weighted by molar-refractivity contribution is -0.115. The minimum Gasteiger partial charge on any atom is -0.323 e. The van der Waals surface area contributed by atoms with Crippen LogP contribution in [0.4, 0.5) is 10.1 Å². The molecule has 3 aromatic rings. The first kappa shape index (κ1) is 17.1. The predicted molar refractivity (Wildman–Crippen MR) is 99.0 cm³/mol. The maximum absolute atomic E-state index is 13.7. The van der Waals surface area contributed by atoms with Gasteiger partial charge in [-0.25, -0.2) is 9.37 Å². The Labute approximate surface area is 155 Å². The Bertz CT molecular complexity index is 900. The van der Waals surface area contributed by atoms with E-state index in [1.165, 1.54) is 23.5 Å². The minimum absolute atomic E-state index is 0.0659. The van der Waals surface area contributed by atoms with Crippen LogP contribution in [0, 0.1) is 5.82 Å². The van der Waals surface area contributed by atoms with Gasteiger partial charge in [0, 0.05) is 15.4 Å². The second-order valence-electron chi connectivity index (χ2n) is 4.97. The van der Waals surface area contributed by atoms with Gasteiger partial charge in [0.25, 0.3) is 0 Å². The molecule has 0 spiro atoms. The molecule has 1 N–H and O–H groups in total. The third-order valence-corrected chi connectivity index (χ3v) is 4.95. The van der Waals surface area contributed by atoms with Crippen molar-refractivity contribution in [2.75, 3.05) is 5.32 Å². The molecule has 122 valence electrons. The average molecular weight is 426 g/mol. The predicted octanol–water partition coefficient (Wildman–Crippen LogP) is 5.55. The van der Waals surface area contributed by atoms with Crippen LogP contribution in [0.25, 0.3) is 10.6 Å². The van der Waals surface area contributed by atoms with Gasteiger partial charge in [0.15, 0.2) is 0 Å². The van der Waals surface area contributed by atoms with Crippen LogP contribution in [-0.2, 0) is 11.2 Å². The lowest BCUT2D eigenvalue weighted by atomic mass is 10.2. The topological polar surface area (TPSA) is 42.0 Å². The Morgan fingerprint density at radius 3 is 2.83 bits per heavy atom. The molecule has 3 rings (SSSR count). The molecule has 3 nitrogen and oxygen atoms in total. The molecule has 2 aromatic carbocycles. The smallest absolute Gasteiger partial charge is 0.230 e. The van der Waals surface area contributed by atoms with Gasteiger partial charge in [-0.15, -0.1) is 11.3 Å². The maximum Gasteiger partial charge on any atom is 0.230 e. The summed E-state index contributed by atoms with van der Waals surface area (Å²) in [5.74, 6) is -0.819. The zero-order valence-corrected chi connectivity index (χ0v) is 15.4. The highest BCUT2D eigenvalue weighted by molar-refractivity contribution is 9.10. The van der Waals surface area contributed by atoms with E-state index in [2.05, 4.69) is 26.2 Å². The Balaban J connectivity index is 1.70. The lowest BCUT2D eigenvalue weighted by Gasteiger charge is -2.05. The van der Waals surface area contributed by atoms with Gasteiger partial charge in [-0.3, -0.25) is 4.79 Å². The second-order valence-corrected chi connectivity index (χ2v) is 7.15. The van der Waals surface area contributed by atoms with E-state index in [4.69, 9.17) is 11.6 Å². The van der Waals surface area contributed by atoms with Crippen molar-refractivity contribution in [2.24, 2.45) is 0 Å². The molecule has 0 saturated carbocycles. The molecule has 0 unspecified atom stereocenters. The second kappa shape index (κ2) is 7.42. The highest BCUT2D eigenvalue weighted by Gasteiger charge is 2.12. The lowest BCUT2D eigenvalue weighted by Crippen LogP contribution is -2.15.